The number of para-hydroxylation sites is 1. The van der Waals surface area contributed by atoms with E-state index in [1.807, 2.05) is 6.07 Å². The van der Waals surface area contributed by atoms with E-state index in [1.165, 1.54) is 0 Å². The van der Waals surface area contributed by atoms with Gasteiger partial charge >= 0.3 is 0 Å². The maximum absolute atomic E-state index is 9.77. The van der Waals surface area contributed by atoms with Crippen LogP contribution in [-0.4, -0.2) is 57.4 Å². The Kier molecular flexibility index (Phi) is 4.62. The number of nitrogens with one attached hydrogen (secondary N) is 1. The Hall–Kier alpha value is -2.03. The molecule has 0 amide bonds. The molecule has 2 heterocycles. The lowest BCUT2D eigenvalue weighted by Crippen LogP contribution is -2.36. The number of benzene rings is 1. The van der Waals surface area contributed by atoms with E-state index in [9.17, 15) is 5.11 Å². The number of nitrogens with zero attached hydrogens (tertiary/aromatic N) is 4. The van der Waals surface area contributed by atoms with Gasteiger partial charge in [-0.05, 0) is 24.4 Å². The number of morpholine rings is 1. The third-order valence-electron chi connectivity index (χ3n) is 3.44. The van der Waals surface area contributed by atoms with Crippen LogP contribution in [0.3, 0.4) is 0 Å². The van der Waals surface area contributed by atoms with Gasteiger partial charge in [-0.2, -0.15) is 14.9 Å². The van der Waals surface area contributed by atoms with Crippen LogP contribution in [0.2, 0.25) is 0 Å². The van der Waals surface area contributed by atoms with Gasteiger partial charge in [0.2, 0.25) is 4.77 Å². The maximum Gasteiger partial charge on any atom is 0.216 e. The standard InChI is InChI=1S/C14H17N5O2S/c20-12-4-2-1-3-11(12)9-15-19-13(16-17-14(19)22)10-18-5-7-21-8-6-18/h1-4,9,20H,5-8,10H2,(H,17,22)/b15-9-. The van der Waals surface area contributed by atoms with Gasteiger partial charge in [0.1, 0.15) is 5.75 Å². The summed E-state index contributed by atoms with van der Waals surface area (Å²) in [5, 5.41) is 21.1. The molecule has 1 saturated heterocycles. The molecule has 0 radical (unpaired) electrons. The number of aromatic amines is 1. The van der Waals surface area contributed by atoms with Crippen LogP contribution in [0.25, 0.3) is 0 Å². The van der Waals surface area contributed by atoms with Gasteiger partial charge < -0.3 is 9.84 Å². The lowest BCUT2D eigenvalue weighted by molar-refractivity contribution is 0.0326. The maximum atomic E-state index is 9.77. The largest absolute Gasteiger partial charge is 0.507 e. The van der Waals surface area contributed by atoms with Crippen molar-refractivity contribution in [2.45, 2.75) is 6.54 Å². The molecule has 0 unspecified atom stereocenters. The lowest BCUT2D eigenvalue weighted by atomic mass is 10.2. The molecule has 1 aromatic carbocycles. The summed E-state index contributed by atoms with van der Waals surface area (Å²) >= 11 is 5.21. The van der Waals surface area contributed by atoms with Gasteiger partial charge in [0.05, 0.1) is 26.0 Å². The first-order valence-electron chi connectivity index (χ1n) is 7.03. The van der Waals surface area contributed by atoms with Crippen molar-refractivity contribution in [3.8, 4) is 5.75 Å². The molecule has 2 N–H and O–H groups in total. The van der Waals surface area contributed by atoms with Gasteiger partial charge in [-0.1, -0.05) is 12.1 Å². The summed E-state index contributed by atoms with van der Waals surface area (Å²) in [6.07, 6.45) is 1.57. The fraction of sp³-hybridized carbons (Fsp3) is 0.357. The second kappa shape index (κ2) is 6.82. The van der Waals surface area contributed by atoms with Gasteiger partial charge in [-0.25, -0.2) is 0 Å². The molecule has 2 aromatic rings. The van der Waals surface area contributed by atoms with E-state index < -0.39 is 0 Å². The SMILES string of the molecule is Oc1ccccc1/C=N\n1c(CN2CCOCC2)n[nH]c1=S. The normalized spacial score (nSPS) is 16.4. The van der Waals surface area contributed by atoms with E-state index in [4.69, 9.17) is 17.0 Å². The Balaban J connectivity index is 1.80. The molecule has 1 aliphatic rings. The minimum Gasteiger partial charge on any atom is -0.507 e. The molecule has 3 rings (SSSR count). The third-order valence-corrected chi connectivity index (χ3v) is 3.70. The van der Waals surface area contributed by atoms with Crippen molar-refractivity contribution in [1.82, 2.24) is 19.8 Å². The van der Waals surface area contributed by atoms with Crippen LogP contribution in [-0.2, 0) is 11.3 Å². The van der Waals surface area contributed by atoms with Crippen molar-refractivity contribution in [2.75, 3.05) is 26.3 Å². The summed E-state index contributed by atoms with van der Waals surface area (Å²) in [6.45, 7) is 3.83. The van der Waals surface area contributed by atoms with E-state index in [2.05, 4.69) is 20.2 Å². The molecule has 7 nitrogen and oxygen atoms in total. The molecule has 0 spiro atoms. The van der Waals surface area contributed by atoms with Crippen LogP contribution in [0.4, 0.5) is 0 Å². The number of phenolic OH excluding ortho intramolecular Hbond substituents is 1. The summed E-state index contributed by atoms with van der Waals surface area (Å²) in [7, 11) is 0. The number of aromatic hydroxyl groups is 1. The highest BCUT2D eigenvalue weighted by molar-refractivity contribution is 7.71. The monoisotopic (exact) mass is 319 g/mol. The van der Waals surface area contributed by atoms with Gasteiger partial charge in [0.15, 0.2) is 5.82 Å². The molecular weight excluding hydrogens is 302 g/mol. The van der Waals surface area contributed by atoms with Crippen molar-refractivity contribution in [3.63, 3.8) is 0 Å². The van der Waals surface area contributed by atoms with Crippen LogP contribution in [0.5, 0.6) is 5.75 Å². The lowest BCUT2D eigenvalue weighted by Gasteiger charge is -2.25. The Morgan fingerprint density at radius 1 is 1.36 bits per heavy atom. The Labute approximate surface area is 132 Å². The van der Waals surface area contributed by atoms with Crippen LogP contribution in [0.15, 0.2) is 29.4 Å². The Morgan fingerprint density at radius 2 is 2.14 bits per heavy atom. The number of hydrogen-bond acceptors (Lipinski definition) is 6. The second-order valence-corrected chi connectivity index (χ2v) is 5.34. The fourth-order valence-electron chi connectivity index (χ4n) is 2.22. The topological polar surface area (TPSA) is 78.7 Å². The van der Waals surface area contributed by atoms with Crippen molar-refractivity contribution in [2.24, 2.45) is 5.10 Å². The minimum absolute atomic E-state index is 0.177. The highest BCUT2D eigenvalue weighted by Crippen LogP contribution is 2.13. The van der Waals surface area contributed by atoms with Gasteiger partial charge in [0, 0.05) is 18.7 Å². The van der Waals surface area contributed by atoms with Crippen LogP contribution < -0.4 is 0 Å². The molecule has 22 heavy (non-hydrogen) atoms. The van der Waals surface area contributed by atoms with E-state index in [0.717, 1.165) is 32.1 Å². The molecule has 0 aliphatic carbocycles. The van der Waals surface area contributed by atoms with Crippen molar-refractivity contribution in [1.29, 1.82) is 0 Å². The molecule has 1 aliphatic heterocycles. The summed E-state index contributed by atoms with van der Waals surface area (Å²) in [4.78, 5) is 2.24. The smallest absolute Gasteiger partial charge is 0.216 e. The zero-order valence-corrected chi connectivity index (χ0v) is 12.8. The molecular formula is C14H17N5O2S. The van der Waals surface area contributed by atoms with E-state index in [-0.39, 0.29) is 5.75 Å². The van der Waals surface area contributed by atoms with Gasteiger partial charge in [-0.15, -0.1) is 0 Å². The quantitative estimate of drug-likeness (QED) is 0.657. The highest BCUT2D eigenvalue weighted by Gasteiger charge is 2.14. The third kappa shape index (κ3) is 3.41. The molecule has 116 valence electrons. The number of ether oxygens (including phenoxy) is 1. The number of H-pyrrole nitrogens is 1. The van der Waals surface area contributed by atoms with Crippen molar-refractivity contribution in [3.05, 3.63) is 40.4 Å². The molecule has 0 saturated carbocycles. The van der Waals surface area contributed by atoms with Crippen molar-refractivity contribution >= 4 is 18.4 Å². The van der Waals surface area contributed by atoms with Crippen molar-refractivity contribution < 1.29 is 9.84 Å². The zero-order valence-electron chi connectivity index (χ0n) is 12.0. The second-order valence-electron chi connectivity index (χ2n) is 4.95. The average Bonchev–Trinajstić information content (AvgIpc) is 2.88. The average molecular weight is 319 g/mol. The van der Waals surface area contributed by atoms with E-state index in [0.29, 0.717) is 16.9 Å². The first-order valence-corrected chi connectivity index (χ1v) is 7.43. The number of rotatable bonds is 4. The summed E-state index contributed by atoms with van der Waals surface area (Å²) < 4.78 is 7.34. The Morgan fingerprint density at radius 3 is 2.91 bits per heavy atom. The molecule has 1 aromatic heterocycles. The Bertz CT molecular complexity index is 718. The first kappa shape index (κ1) is 14.9. The van der Waals surface area contributed by atoms with Gasteiger partial charge in [-0.3, -0.25) is 10.00 Å². The highest BCUT2D eigenvalue weighted by atomic mass is 32.1. The van der Waals surface area contributed by atoms with E-state index >= 15 is 0 Å². The zero-order chi connectivity index (χ0) is 15.4. The fourth-order valence-corrected chi connectivity index (χ4v) is 2.42. The molecule has 0 atom stereocenters. The molecule has 8 heteroatoms. The van der Waals surface area contributed by atoms with Crippen LogP contribution in [0, 0.1) is 4.77 Å². The predicted octanol–water partition coefficient (Wildman–Crippen LogP) is 1.36. The summed E-state index contributed by atoms with van der Waals surface area (Å²) in [5.74, 6) is 0.912. The molecule has 1 fully saturated rings. The van der Waals surface area contributed by atoms with E-state index in [1.54, 1.807) is 29.1 Å². The number of hydrogen-bond donors (Lipinski definition) is 2. The number of phenols is 1. The summed E-state index contributed by atoms with van der Waals surface area (Å²) in [5.41, 5.74) is 0.628. The van der Waals surface area contributed by atoms with Crippen LogP contribution in [0.1, 0.15) is 11.4 Å². The van der Waals surface area contributed by atoms with Crippen LogP contribution >= 0.6 is 12.2 Å². The molecule has 0 bridgehead atoms. The predicted molar refractivity (Wildman–Crippen MR) is 84.6 cm³/mol. The first-order chi connectivity index (χ1) is 10.7. The summed E-state index contributed by atoms with van der Waals surface area (Å²) in [6, 6.07) is 7.00. The van der Waals surface area contributed by atoms with Gasteiger partial charge in [0.25, 0.3) is 0 Å². The number of aromatic nitrogens is 3. The minimum atomic E-state index is 0.177.